The second-order valence-electron chi connectivity index (χ2n) is 17.8. The SMILES string of the molecule is CC(C)(C)c1ccc2c(c1)Cc1c-2ccc(C(C)(C)C)[c]1[Zr+2]([C]1=CC(C23CC4CC(CC(C4)C2)C3)=CC1)=[C]1CCCCC1.[Cl-].[Cl-]. The number of halogens is 2. The molecule has 0 radical (unpaired) electrons. The van der Waals surface area contributed by atoms with Gasteiger partial charge >= 0.3 is 271 Å². The number of benzene rings is 2. The molecule has 7 aliphatic rings. The molecule has 0 N–H and O–H groups in total. The van der Waals surface area contributed by atoms with Crippen LogP contribution in [-0.4, -0.2) is 3.21 Å². The van der Waals surface area contributed by atoms with Crippen molar-refractivity contribution >= 4 is 6.48 Å². The summed E-state index contributed by atoms with van der Waals surface area (Å²) >= 11 is -2.32. The van der Waals surface area contributed by atoms with Crippen molar-refractivity contribution in [2.45, 2.75) is 136 Å². The van der Waals surface area contributed by atoms with Crippen LogP contribution < -0.4 is 28.1 Å². The molecule has 0 heterocycles. The van der Waals surface area contributed by atoms with Crippen LogP contribution in [0, 0.1) is 23.2 Å². The fourth-order valence-corrected chi connectivity index (χ4v) is 20.4. The minimum atomic E-state index is -2.32. The van der Waals surface area contributed by atoms with Crippen LogP contribution in [0.3, 0.4) is 0 Å². The van der Waals surface area contributed by atoms with Crippen molar-refractivity contribution in [1.82, 2.24) is 0 Å². The summed E-state index contributed by atoms with van der Waals surface area (Å²) in [5.74, 6) is 3.07. The fraction of sp³-hybridized carbons (Fsp3) is 0.595. The Hall–Kier alpha value is -0.747. The van der Waals surface area contributed by atoms with E-state index < -0.39 is 21.3 Å². The first-order valence-corrected chi connectivity index (χ1v) is 21.6. The fourth-order valence-electron chi connectivity index (χ4n) is 11.0. The smallest absolute Gasteiger partial charge is 1.00 e. The zero-order valence-electron chi connectivity index (χ0n) is 28.7. The van der Waals surface area contributed by atoms with Crippen LogP contribution in [0.1, 0.15) is 141 Å². The summed E-state index contributed by atoms with van der Waals surface area (Å²) in [4.78, 5) is 0. The van der Waals surface area contributed by atoms with Crippen LogP contribution in [0.25, 0.3) is 11.1 Å². The Morgan fingerprint density at radius 1 is 0.733 bits per heavy atom. The van der Waals surface area contributed by atoms with Gasteiger partial charge in [0, 0.05) is 0 Å². The van der Waals surface area contributed by atoms with Crippen molar-refractivity contribution in [3.05, 3.63) is 73.6 Å². The summed E-state index contributed by atoms with van der Waals surface area (Å²) in [7, 11) is 0. The van der Waals surface area contributed by atoms with Gasteiger partial charge in [0.05, 0.1) is 0 Å². The minimum Gasteiger partial charge on any atom is -1.00 e. The first kappa shape index (κ1) is 34.1. The van der Waals surface area contributed by atoms with Crippen molar-refractivity contribution in [3.8, 4) is 11.1 Å². The summed E-state index contributed by atoms with van der Waals surface area (Å²) in [6, 6.07) is 12.6. The molecule has 0 spiro atoms. The summed E-state index contributed by atoms with van der Waals surface area (Å²) in [6.07, 6.45) is 24.4. The molecule has 0 saturated heterocycles. The Kier molecular flexibility index (Phi) is 9.32. The van der Waals surface area contributed by atoms with Gasteiger partial charge in [-0.15, -0.1) is 0 Å². The standard InChI is InChI=1S/C21H25.C15H19.C6H10.2ClH.Zr/c1-20(2,3)16-7-9-18-14(12-16)11-15-13-17(21(4,5)6)8-10-19(15)18;1-2-4-14(3-1)15-8-11-5-12(9-15)7-13(6-11)10-15;1-2-4-6-5-3-1;;;/h7-10,12H,11H2,1-6H3;3-4,11-13H,1,5-10H2;1-5H2;2*1H;/q;;;;;+2/p-2. The summed E-state index contributed by atoms with van der Waals surface area (Å²) in [6.45, 7) is 14.6. The molecule has 45 heavy (non-hydrogen) atoms. The number of hydrogen-bond acceptors (Lipinski definition) is 0. The van der Waals surface area contributed by atoms with Crippen molar-refractivity contribution in [2.24, 2.45) is 23.2 Å². The van der Waals surface area contributed by atoms with Crippen LogP contribution in [0.4, 0.5) is 0 Å². The number of fused-ring (bicyclic) bond motifs is 3. The molecular formula is C42H54Cl2Zr. The molecule has 7 aliphatic carbocycles. The predicted molar refractivity (Wildman–Crippen MR) is 181 cm³/mol. The van der Waals surface area contributed by atoms with Gasteiger partial charge < -0.3 is 24.8 Å². The number of hydrogen-bond donors (Lipinski definition) is 0. The molecule has 0 amide bonds. The third-order valence-electron chi connectivity index (χ3n) is 12.7. The molecule has 0 unspecified atom stereocenters. The first-order chi connectivity index (χ1) is 20.5. The van der Waals surface area contributed by atoms with E-state index in [0.717, 1.165) is 24.2 Å². The van der Waals surface area contributed by atoms with Gasteiger partial charge in [-0.2, -0.15) is 0 Å². The van der Waals surface area contributed by atoms with E-state index in [2.05, 4.69) is 84.0 Å². The molecule has 4 bridgehead atoms. The van der Waals surface area contributed by atoms with Gasteiger partial charge in [0.15, 0.2) is 0 Å². The van der Waals surface area contributed by atoms with Gasteiger partial charge in [0.25, 0.3) is 0 Å². The Morgan fingerprint density at radius 3 is 1.96 bits per heavy atom. The van der Waals surface area contributed by atoms with E-state index in [1.807, 2.05) is 15.3 Å². The first-order valence-electron chi connectivity index (χ1n) is 17.9. The monoisotopic (exact) mass is 718 g/mol. The maximum Gasteiger partial charge on any atom is -1.00 e. The largest absolute Gasteiger partial charge is 1.00 e. The molecule has 0 aromatic heterocycles. The summed E-state index contributed by atoms with van der Waals surface area (Å²) in [5, 5.41) is 0. The molecule has 9 rings (SSSR count). The van der Waals surface area contributed by atoms with Gasteiger partial charge in [-0.25, -0.2) is 0 Å². The van der Waals surface area contributed by atoms with Crippen molar-refractivity contribution in [1.29, 1.82) is 0 Å². The maximum atomic E-state index is 2.90. The van der Waals surface area contributed by atoms with E-state index in [0.29, 0.717) is 5.41 Å². The number of rotatable bonds is 3. The van der Waals surface area contributed by atoms with Gasteiger partial charge in [-0.3, -0.25) is 0 Å². The average Bonchev–Trinajstić information content (AvgIpc) is 3.58. The summed E-state index contributed by atoms with van der Waals surface area (Å²) in [5.41, 5.74) is 12.3. The van der Waals surface area contributed by atoms with Crippen molar-refractivity contribution < 1.29 is 46.1 Å². The van der Waals surface area contributed by atoms with Gasteiger partial charge in [-0.05, 0) is 0 Å². The van der Waals surface area contributed by atoms with Crippen LogP contribution in [-0.2, 0) is 38.5 Å². The molecule has 3 heteroatoms. The second-order valence-corrected chi connectivity index (χ2v) is 24.2. The van der Waals surface area contributed by atoms with Crippen LogP contribution >= 0.6 is 0 Å². The van der Waals surface area contributed by atoms with Crippen molar-refractivity contribution in [2.75, 3.05) is 0 Å². The van der Waals surface area contributed by atoms with E-state index in [4.69, 9.17) is 0 Å². The Labute approximate surface area is 294 Å². The van der Waals surface area contributed by atoms with E-state index >= 15 is 0 Å². The van der Waals surface area contributed by atoms with Crippen LogP contribution in [0.15, 0.2) is 51.3 Å². The zero-order chi connectivity index (χ0) is 29.7. The van der Waals surface area contributed by atoms with E-state index in [-0.39, 0.29) is 35.6 Å². The third-order valence-corrected chi connectivity index (χ3v) is 20.7. The zero-order valence-corrected chi connectivity index (χ0v) is 32.7. The Balaban J connectivity index is 0.00000179. The van der Waals surface area contributed by atoms with Gasteiger partial charge in [-0.1, -0.05) is 0 Å². The second kappa shape index (κ2) is 12.3. The molecule has 0 nitrogen and oxygen atoms in total. The Bertz CT molecular complexity index is 1540. The predicted octanol–water partition coefficient (Wildman–Crippen LogP) is 4.67. The molecule has 5 fully saturated rings. The van der Waals surface area contributed by atoms with Crippen LogP contribution in [0.5, 0.6) is 0 Å². The normalized spacial score (nSPS) is 27.9. The topological polar surface area (TPSA) is 0 Å². The van der Waals surface area contributed by atoms with Gasteiger partial charge in [0.1, 0.15) is 0 Å². The molecule has 240 valence electrons. The molecule has 0 atom stereocenters. The maximum absolute atomic E-state index is 2.90. The quantitative estimate of drug-likeness (QED) is 0.370. The third kappa shape index (κ3) is 5.95. The summed E-state index contributed by atoms with van der Waals surface area (Å²) < 4.78 is 5.89. The molecule has 2 aromatic carbocycles. The van der Waals surface area contributed by atoms with Crippen LogP contribution in [0.2, 0.25) is 0 Å². The molecular weight excluding hydrogens is 667 g/mol. The molecule has 0 aliphatic heterocycles. The minimum absolute atomic E-state index is 0. The van der Waals surface area contributed by atoms with Crippen molar-refractivity contribution in [3.63, 3.8) is 0 Å². The number of allylic oxidation sites excluding steroid dienone is 4. The van der Waals surface area contributed by atoms with E-state index in [9.17, 15) is 0 Å². The molecule has 2 aromatic rings. The Morgan fingerprint density at radius 2 is 1.36 bits per heavy atom. The van der Waals surface area contributed by atoms with Gasteiger partial charge in [0.2, 0.25) is 0 Å². The molecule has 5 saturated carbocycles. The average molecular weight is 721 g/mol. The van der Waals surface area contributed by atoms with E-state index in [1.165, 1.54) is 68.9 Å². The van der Waals surface area contributed by atoms with E-state index in [1.54, 1.807) is 41.5 Å².